The standard InChI is InChI=1S/C12H10N2O/c15-12(11-5-2-1-3-6-11)7-10-14-9-4-8-13-14/h1-10H/b10-7+. The van der Waals surface area contributed by atoms with Crippen LogP contribution in [0.1, 0.15) is 10.4 Å². The van der Waals surface area contributed by atoms with Gasteiger partial charge < -0.3 is 0 Å². The maximum atomic E-state index is 11.6. The van der Waals surface area contributed by atoms with Crippen LogP contribution in [0.3, 0.4) is 0 Å². The van der Waals surface area contributed by atoms with E-state index < -0.39 is 0 Å². The maximum Gasteiger partial charge on any atom is 0.187 e. The summed E-state index contributed by atoms with van der Waals surface area (Å²) in [5.74, 6) is -0.0221. The van der Waals surface area contributed by atoms with Gasteiger partial charge in [0.2, 0.25) is 0 Å². The molecule has 0 amide bonds. The summed E-state index contributed by atoms with van der Waals surface area (Å²) in [6, 6.07) is 10.9. The quantitative estimate of drug-likeness (QED) is 0.560. The minimum Gasteiger partial charge on any atom is -0.289 e. The van der Waals surface area contributed by atoms with Crippen molar-refractivity contribution in [2.24, 2.45) is 0 Å². The molecule has 0 radical (unpaired) electrons. The lowest BCUT2D eigenvalue weighted by Gasteiger charge is -1.93. The first-order valence-corrected chi connectivity index (χ1v) is 4.63. The third-order valence-electron chi connectivity index (χ3n) is 1.96. The summed E-state index contributed by atoms with van der Waals surface area (Å²) in [5, 5.41) is 3.96. The van der Waals surface area contributed by atoms with Gasteiger partial charge in [0.05, 0.1) is 0 Å². The van der Waals surface area contributed by atoms with Crippen LogP contribution in [-0.2, 0) is 0 Å². The molecule has 1 heterocycles. The summed E-state index contributed by atoms with van der Waals surface area (Å²) in [6.07, 6.45) is 6.57. The average molecular weight is 198 g/mol. The minimum atomic E-state index is -0.0221. The van der Waals surface area contributed by atoms with Crippen molar-refractivity contribution in [1.29, 1.82) is 0 Å². The van der Waals surface area contributed by atoms with E-state index in [1.807, 2.05) is 18.2 Å². The third-order valence-corrected chi connectivity index (χ3v) is 1.96. The highest BCUT2D eigenvalue weighted by molar-refractivity contribution is 6.05. The molecule has 0 spiro atoms. The fourth-order valence-corrected chi connectivity index (χ4v) is 1.21. The zero-order valence-electron chi connectivity index (χ0n) is 8.08. The summed E-state index contributed by atoms with van der Waals surface area (Å²) in [6.45, 7) is 0. The van der Waals surface area contributed by atoms with Crippen LogP contribution in [0.4, 0.5) is 0 Å². The van der Waals surface area contributed by atoms with E-state index in [4.69, 9.17) is 0 Å². The first kappa shape index (κ1) is 9.40. The van der Waals surface area contributed by atoms with Crippen molar-refractivity contribution >= 4 is 12.0 Å². The minimum absolute atomic E-state index is 0.0221. The number of benzene rings is 1. The maximum absolute atomic E-state index is 11.6. The van der Waals surface area contributed by atoms with Crippen molar-refractivity contribution < 1.29 is 4.79 Å². The van der Waals surface area contributed by atoms with Crippen LogP contribution < -0.4 is 0 Å². The Bertz CT molecular complexity index is 458. The monoisotopic (exact) mass is 198 g/mol. The van der Waals surface area contributed by atoms with Crippen LogP contribution in [0.2, 0.25) is 0 Å². The van der Waals surface area contributed by atoms with Crippen LogP contribution in [-0.4, -0.2) is 15.6 Å². The number of hydrogen-bond donors (Lipinski definition) is 0. The van der Waals surface area contributed by atoms with Gasteiger partial charge in [-0.2, -0.15) is 5.10 Å². The molecule has 0 saturated heterocycles. The number of rotatable bonds is 3. The van der Waals surface area contributed by atoms with Crippen molar-refractivity contribution in [1.82, 2.24) is 9.78 Å². The third kappa shape index (κ3) is 2.40. The fraction of sp³-hybridized carbons (Fsp3) is 0. The van der Waals surface area contributed by atoms with Gasteiger partial charge in [0.1, 0.15) is 0 Å². The van der Waals surface area contributed by atoms with Crippen LogP contribution in [0.5, 0.6) is 0 Å². The number of carbonyl (C=O) groups excluding carboxylic acids is 1. The van der Waals surface area contributed by atoms with Crippen LogP contribution >= 0.6 is 0 Å². The molecular weight excluding hydrogens is 188 g/mol. The van der Waals surface area contributed by atoms with E-state index in [1.165, 1.54) is 6.08 Å². The largest absolute Gasteiger partial charge is 0.289 e. The second-order valence-electron chi connectivity index (χ2n) is 3.03. The molecule has 2 rings (SSSR count). The van der Waals surface area contributed by atoms with Gasteiger partial charge in [-0.25, -0.2) is 4.68 Å². The Morgan fingerprint density at radius 2 is 2.00 bits per heavy atom. The van der Waals surface area contributed by atoms with E-state index in [-0.39, 0.29) is 5.78 Å². The van der Waals surface area contributed by atoms with E-state index in [1.54, 1.807) is 41.5 Å². The highest BCUT2D eigenvalue weighted by Gasteiger charge is 1.98. The van der Waals surface area contributed by atoms with E-state index >= 15 is 0 Å². The molecule has 0 aliphatic rings. The molecule has 3 nitrogen and oxygen atoms in total. The summed E-state index contributed by atoms with van der Waals surface area (Å²) >= 11 is 0. The van der Waals surface area contributed by atoms with Gasteiger partial charge in [0, 0.05) is 30.2 Å². The molecule has 0 N–H and O–H groups in total. The summed E-state index contributed by atoms with van der Waals surface area (Å²) in [4.78, 5) is 11.6. The number of ketones is 1. The fourth-order valence-electron chi connectivity index (χ4n) is 1.21. The summed E-state index contributed by atoms with van der Waals surface area (Å²) < 4.78 is 1.58. The molecule has 15 heavy (non-hydrogen) atoms. The average Bonchev–Trinajstić information content (AvgIpc) is 2.80. The lowest BCUT2D eigenvalue weighted by Crippen LogP contribution is -1.94. The Balaban J connectivity index is 2.11. The molecule has 1 aromatic carbocycles. The van der Waals surface area contributed by atoms with E-state index in [0.717, 1.165) is 0 Å². The van der Waals surface area contributed by atoms with Crippen LogP contribution in [0.25, 0.3) is 6.20 Å². The molecule has 2 aromatic rings. The van der Waals surface area contributed by atoms with Gasteiger partial charge in [-0.15, -0.1) is 0 Å². The Morgan fingerprint density at radius 1 is 1.20 bits per heavy atom. The van der Waals surface area contributed by atoms with Gasteiger partial charge in [-0.3, -0.25) is 4.79 Å². The smallest absolute Gasteiger partial charge is 0.187 e. The molecule has 0 unspecified atom stereocenters. The number of carbonyl (C=O) groups is 1. The zero-order valence-corrected chi connectivity index (χ0v) is 8.08. The predicted molar refractivity (Wildman–Crippen MR) is 58.3 cm³/mol. The molecule has 0 bridgehead atoms. The lowest BCUT2D eigenvalue weighted by molar-refractivity contribution is 0.104. The molecular formula is C12H10N2O. The van der Waals surface area contributed by atoms with Crippen molar-refractivity contribution in [3.8, 4) is 0 Å². The van der Waals surface area contributed by atoms with E-state index in [0.29, 0.717) is 5.56 Å². The first-order chi connectivity index (χ1) is 7.36. The van der Waals surface area contributed by atoms with Crippen molar-refractivity contribution in [2.45, 2.75) is 0 Å². The Morgan fingerprint density at radius 3 is 2.67 bits per heavy atom. The molecule has 3 heteroatoms. The van der Waals surface area contributed by atoms with Gasteiger partial charge in [-0.1, -0.05) is 30.3 Å². The molecule has 0 atom stereocenters. The van der Waals surface area contributed by atoms with E-state index in [2.05, 4.69) is 5.10 Å². The van der Waals surface area contributed by atoms with Crippen molar-refractivity contribution in [3.63, 3.8) is 0 Å². The van der Waals surface area contributed by atoms with Gasteiger partial charge >= 0.3 is 0 Å². The number of hydrogen-bond acceptors (Lipinski definition) is 2. The molecule has 1 aromatic heterocycles. The number of allylic oxidation sites excluding steroid dienone is 1. The van der Waals surface area contributed by atoms with Gasteiger partial charge in [0.25, 0.3) is 0 Å². The number of nitrogens with zero attached hydrogens (tertiary/aromatic N) is 2. The SMILES string of the molecule is O=C(/C=C/n1cccn1)c1ccccc1. The topological polar surface area (TPSA) is 34.9 Å². The van der Waals surface area contributed by atoms with Crippen LogP contribution in [0.15, 0.2) is 54.9 Å². The molecule has 0 fully saturated rings. The second-order valence-corrected chi connectivity index (χ2v) is 3.03. The normalized spacial score (nSPS) is 10.7. The lowest BCUT2D eigenvalue weighted by atomic mass is 10.1. The van der Waals surface area contributed by atoms with Crippen LogP contribution in [0, 0.1) is 0 Å². The second kappa shape index (κ2) is 4.37. The van der Waals surface area contributed by atoms with Crippen molar-refractivity contribution in [3.05, 3.63) is 60.4 Å². The van der Waals surface area contributed by atoms with E-state index in [9.17, 15) is 4.79 Å². The number of aromatic nitrogens is 2. The molecule has 0 saturated carbocycles. The zero-order chi connectivity index (χ0) is 10.5. The first-order valence-electron chi connectivity index (χ1n) is 4.63. The van der Waals surface area contributed by atoms with Crippen molar-refractivity contribution in [2.75, 3.05) is 0 Å². The summed E-state index contributed by atoms with van der Waals surface area (Å²) in [7, 11) is 0. The molecule has 0 aliphatic carbocycles. The van der Waals surface area contributed by atoms with Gasteiger partial charge in [-0.05, 0) is 6.07 Å². The molecule has 74 valence electrons. The predicted octanol–water partition coefficient (Wildman–Crippen LogP) is 2.24. The Kier molecular flexibility index (Phi) is 2.74. The summed E-state index contributed by atoms with van der Waals surface area (Å²) in [5.41, 5.74) is 0.681. The molecule has 0 aliphatic heterocycles. The van der Waals surface area contributed by atoms with Gasteiger partial charge in [0.15, 0.2) is 5.78 Å². The Labute approximate surface area is 87.7 Å². The highest BCUT2D eigenvalue weighted by atomic mass is 16.1. The highest BCUT2D eigenvalue weighted by Crippen LogP contribution is 2.01. The Hall–Kier alpha value is -2.16.